The van der Waals surface area contributed by atoms with E-state index in [1.54, 1.807) is 0 Å². The predicted molar refractivity (Wildman–Crippen MR) is 124 cm³/mol. The van der Waals surface area contributed by atoms with Gasteiger partial charge < -0.3 is 45.8 Å². The summed E-state index contributed by atoms with van der Waals surface area (Å²) in [6.45, 7) is 0.0638. The van der Waals surface area contributed by atoms with Crippen LogP contribution >= 0.6 is 12.2 Å². The maximum Gasteiger partial charge on any atom is 0.352 e. The fraction of sp³-hybridized carbons (Fsp3) is 0.550. The Hall–Kier alpha value is -2.87. The van der Waals surface area contributed by atoms with Gasteiger partial charge in [0.2, 0.25) is 5.72 Å². The number of ether oxygens (including phenoxy) is 2. The highest BCUT2D eigenvalue weighted by Gasteiger charge is 2.59. The molecule has 4 rings (SSSR count). The van der Waals surface area contributed by atoms with Crippen LogP contribution in [0.2, 0.25) is 0 Å². The summed E-state index contributed by atoms with van der Waals surface area (Å²) in [6, 6.07) is 2.48. The Balaban J connectivity index is 0.000000208. The van der Waals surface area contributed by atoms with Crippen LogP contribution in [0, 0.1) is 4.77 Å². The monoisotopic (exact) mass is 545 g/mol. The first-order valence-corrected chi connectivity index (χ1v) is 11.2. The maximum absolute atomic E-state index is 11.9. The number of Topliss-reactive ketones (excluding diaryl/α,β-unsaturated/α-hetero) is 1. The van der Waals surface area contributed by atoms with Crippen LogP contribution in [0.3, 0.4) is 0 Å². The van der Waals surface area contributed by atoms with Crippen LogP contribution in [0.1, 0.15) is 13.2 Å². The third-order valence-corrected chi connectivity index (χ3v) is 6.26. The topological polar surface area (TPSA) is 256 Å². The number of hydrogen-bond donors (Lipinski definition) is 8. The number of anilines is 1. The minimum absolute atomic E-state index is 0.0586. The van der Waals surface area contributed by atoms with Gasteiger partial charge in [0.25, 0.3) is 5.56 Å². The number of aliphatic hydroxyl groups excluding tert-OH is 6. The first kappa shape index (κ1) is 28.7. The number of H-pyrrole nitrogens is 1. The van der Waals surface area contributed by atoms with E-state index in [1.165, 1.54) is 22.9 Å². The summed E-state index contributed by atoms with van der Waals surface area (Å²) in [4.78, 5) is 40.6. The molecule has 0 unspecified atom stereocenters. The van der Waals surface area contributed by atoms with Crippen molar-refractivity contribution in [3.05, 3.63) is 50.1 Å². The van der Waals surface area contributed by atoms with Crippen molar-refractivity contribution in [1.29, 1.82) is 0 Å². The second kappa shape index (κ2) is 11.3. The van der Waals surface area contributed by atoms with Crippen LogP contribution in [0.5, 0.6) is 0 Å². The summed E-state index contributed by atoms with van der Waals surface area (Å²) < 4.78 is 12.7. The number of nitrogen functional groups attached to an aromatic ring is 1. The van der Waals surface area contributed by atoms with E-state index in [0.717, 1.165) is 17.7 Å². The van der Waals surface area contributed by atoms with E-state index in [9.17, 15) is 34.8 Å². The number of nitrogens with one attached hydrogen (secondary N) is 1. The van der Waals surface area contributed by atoms with Crippen molar-refractivity contribution in [2.75, 3.05) is 18.9 Å². The van der Waals surface area contributed by atoms with Crippen molar-refractivity contribution < 1.29 is 44.9 Å². The number of rotatable bonds is 5. The third kappa shape index (κ3) is 5.26. The van der Waals surface area contributed by atoms with E-state index in [1.807, 2.05) is 0 Å². The predicted octanol–water partition coefficient (Wildman–Crippen LogP) is -4.30. The zero-order chi connectivity index (χ0) is 27.7. The molecule has 8 atom stereocenters. The van der Waals surface area contributed by atoms with Gasteiger partial charge in [-0.15, -0.1) is 0 Å². The molecule has 0 radical (unpaired) electrons. The lowest BCUT2D eigenvalue weighted by Gasteiger charge is -2.30. The fourth-order valence-electron chi connectivity index (χ4n) is 4.02. The number of hydrogen-bond acceptors (Lipinski definition) is 14. The van der Waals surface area contributed by atoms with Gasteiger partial charge in [-0.05, 0) is 25.2 Å². The highest BCUT2D eigenvalue weighted by atomic mass is 32.1. The first-order valence-electron chi connectivity index (χ1n) is 10.8. The minimum Gasteiger partial charge on any atom is -0.394 e. The van der Waals surface area contributed by atoms with E-state index in [-0.39, 0.29) is 16.1 Å². The number of carbonyl (C=O) groups excluding carboxylic acids is 1. The number of aromatic nitrogens is 4. The molecule has 9 N–H and O–H groups in total. The van der Waals surface area contributed by atoms with Gasteiger partial charge in [0.1, 0.15) is 42.4 Å². The summed E-state index contributed by atoms with van der Waals surface area (Å²) in [6.07, 6.45) is -6.14. The largest absolute Gasteiger partial charge is 0.394 e. The van der Waals surface area contributed by atoms with E-state index >= 15 is 0 Å². The molecule has 0 saturated carbocycles. The number of carbonyl (C=O) groups is 1. The molecule has 0 aromatic carbocycles. The Bertz CT molecular complexity index is 1300. The molecular weight excluding hydrogens is 518 g/mol. The summed E-state index contributed by atoms with van der Waals surface area (Å²) in [5, 5.41) is 57.3. The molecule has 16 nitrogen and oxygen atoms in total. The number of ketones is 1. The Labute approximate surface area is 212 Å². The van der Waals surface area contributed by atoms with Gasteiger partial charge in [-0.1, -0.05) is 0 Å². The molecule has 0 amide bonds. The fourth-order valence-corrected chi connectivity index (χ4v) is 4.28. The van der Waals surface area contributed by atoms with Crippen molar-refractivity contribution in [2.45, 2.75) is 55.5 Å². The Kier molecular flexibility index (Phi) is 8.73. The van der Waals surface area contributed by atoms with E-state index in [2.05, 4.69) is 9.97 Å². The van der Waals surface area contributed by atoms with Crippen LogP contribution in [0.15, 0.2) is 34.1 Å². The number of aliphatic hydroxyl groups is 6. The van der Waals surface area contributed by atoms with Crippen LogP contribution in [-0.2, 0) is 20.0 Å². The zero-order valence-corrected chi connectivity index (χ0v) is 20.1. The molecule has 2 aromatic heterocycles. The summed E-state index contributed by atoms with van der Waals surface area (Å²) in [7, 11) is 0. The normalized spacial score (nSPS) is 33.1. The van der Waals surface area contributed by atoms with E-state index in [4.69, 9.17) is 37.6 Å². The summed E-state index contributed by atoms with van der Waals surface area (Å²) in [5.41, 5.74) is 1.95. The molecule has 17 heteroatoms. The van der Waals surface area contributed by atoms with Gasteiger partial charge in [0.15, 0.2) is 16.8 Å². The lowest BCUT2D eigenvalue weighted by Crippen LogP contribution is -2.55. The second-order valence-corrected chi connectivity index (χ2v) is 8.66. The standard InChI is InChI=1S/C11H15N3O6.C9H12N2O5S/c1-5(16)11(9(18)8(17)6(4-15)20-11)14-3-2-7(12)13-10(14)19;12-3-4-6(14)7(15)8(16-4)11-2-1-5(13)10-9(11)17/h2-3,6,8-9,15,17-18H,4H2,1H3,(H2,12,13,19);1-2,4,6-8,12,14-15H,3H2,(H,10,13,17)/t6-,8-,9-,11-;4-,6-,7-,8-/m11/s1. The number of aromatic amines is 1. The molecule has 2 aliphatic heterocycles. The van der Waals surface area contributed by atoms with Crippen molar-refractivity contribution in [1.82, 2.24) is 19.1 Å². The lowest BCUT2D eigenvalue weighted by molar-refractivity contribution is -0.173. The summed E-state index contributed by atoms with van der Waals surface area (Å²) >= 11 is 4.91. The molecular formula is C20H27N5O11S. The van der Waals surface area contributed by atoms with Crippen molar-refractivity contribution >= 4 is 23.8 Å². The first-order chi connectivity index (χ1) is 17.4. The van der Waals surface area contributed by atoms with Crippen LogP contribution in [0.25, 0.3) is 0 Å². The van der Waals surface area contributed by atoms with Crippen molar-refractivity contribution in [3.63, 3.8) is 0 Å². The molecule has 204 valence electrons. The number of nitrogens with zero attached hydrogens (tertiary/aromatic N) is 3. The van der Waals surface area contributed by atoms with Gasteiger partial charge in [-0.3, -0.25) is 23.7 Å². The van der Waals surface area contributed by atoms with E-state index in [0.29, 0.717) is 0 Å². The van der Waals surface area contributed by atoms with Crippen LogP contribution in [0.4, 0.5) is 5.82 Å². The molecule has 2 aromatic rings. The van der Waals surface area contributed by atoms with Crippen molar-refractivity contribution in [2.24, 2.45) is 0 Å². The molecule has 2 fully saturated rings. The quantitative estimate of drug-likeness (QED) is 0.165. The molecule has 4 heterocycles. The van der Waals surface area contributed by atoms with Crippen molar-refractivity contribution in [3.8, 4) is 0 Å². The van der Waals surface area contributed by atoms with Crippen LogP contribution in [-0.4, -0.2) is 105 Å². The molecule has 37 heavy (non-hydrogen) atoms. The van der Waals surface area contributed by atoms with Gasteiger partial charge in [-0.25, -0.2) is 4.79 Å². The lowest BCUT2D eigenvalue weighted by atomic mass is 9.99. The minimum atomic E-state index is -2.13. The Morgan fingerprint density at radius 1 is 1.11 bits per heavy atom. The molecule has 0 spiro atoms. The van der Waals surface area contributed by atoms with Gasteiger partial charge in [-0.2, -0.15) is 4.98 Å². The highest BCUT2D eigenvalue weighted by Crippen LogP contribution is 2.35. The second-order valence-electron chi connectivity index (χ2n) is 8.28. The van der Waals surface area contributed by atoms with Gasteiger partial charge in [0, 0.05) is 18.5 Å². The van der Waals surface area contributed by atoms with Crippen LogP contribution < -0.4 is 17.0 Å². The molecule has 0 bridgehead atoms. The zero-order valence-electron chi connectivity index (χ0n) is 19.3. The molecule has 2 aliphatic rings. The maximum atomic E-state index is 11.9. The van der Waals surface area contributed by atoms with E-state index < -0.39 is 73.3 Å². The molecule has 2 saturated heterocycles. The van der Waals surface area contributed by atoms with Gasteiger partial charge in [0.05, 0.1) is 13.2 Å². The summed E-state index contributed by atoms with van der Waals surface area (Å²) in [5.74, 6) is -0.773. The molecule has 0 aliphatic carbocycles. The highest BCUT2D eigenvalue weighted by molar-refractivity contribution is 7.71. The SMILES string of the molecule is CC(=O)[C@@]1(n2ccc(N)nc2=O)O[C@H](CO)[C@@H](O)[C@H]1O.O=c1ccn([C@@H]2O[C@H](CO)[C@@H](O)[C@H]2O)c(=S)[nH]1. The average molecular weight is 546 g/mol. The third-order valence-electron chi connectivity index (χ3n) is 5.95. The van der Waals surface area contributed by atoms with Gasteiger partial charge >= 0.3 is 5.69 Å². The Morgan fingerprint density at radius 2 is 1.76 bits per heavy atom. The number of nitrogens with two attached hydrogens (primary N) is 1. The average Bonchev–Trinajstić information content (AvgIpc) is 3.27. The smallest absolute Gasteiger partial charge is 0.352 e. The Morgan fingerprint density at radius 3 is 2.24 bits per heavy atom.